The lowest BCUT2D eigenvalue weighted by molar-refractivity contribution is 0.412. The summed E-state index contributed by atoms with van der Waals surface area (Å²) in [7, 11) is 1.64. The zero-order valence-corrected chi connectivity index (χ0v) is 12.4. The van der Waals surface area contributed by atoms with Crippen molar-refractivity contribution in [1.29, 1.82) is 0 Å². The smallest absolute Gasteiger partial charge is 0.135 e. The topological polar surface area (TPSA) is 21.3 Å². The molecule has 0 amide bonds. The molecule has 0 aliphatic rings. The molecule has 0 aromatic heterocycles. The third-order valence-electron chi connectivity index (χ3n) is 2.18. The summed E-state index contributed by atoms with van der Waals surface area (Å²) in [6, 6.07) is 3.88. The minimum Gasteiger partial charge on any atom is -0.495 e. The average Bonchev–Trinajstić information content (AvgIpc) is 2.28. The Morgan fingerprint density at radius 2 is 2.12 bits per heavy atom. The first-order chi connectivity index (χ1) is 7.62. The quantitative estimate of drug-likeness (QED) is 0.830. The molecule has 0 saturated heterocycles. The zero-order chi connectivity index (χ0) is 12.1. The fourth-order valence-electron chi connectivity index (χ4n) is 1.25. The van der Waals surface area contributed by atoms with E-state index in [-0.39, 0.29) is 6.04 Å². The summed E-state index contributed by atoms with van der Waals surface area (Å²) in [5, 5.41) is 3.26. The number of hydrogen-bond donors (Lipinski definition) is 1. The second kappa shape index (κ2) is 6.17. The molecule has 0 aliphatic heterocycles. The highest BCUT2D eigenvalue weighted by Crippen LogP contribution is 2.34. The van der Waals surface area contributed by atoms with E-state index in [1.807, 2.05) is 19.1 Å². The van der Waals surface area contributed by atoms with Crippen LogP contribution in [0.1, 0.15) is 13.3 Å². The minimum absolute atomic E-state index is 0.0298. The minimum atomic E-state index is 0.0298. The molecule has 2 nitrogen and oxygen atoms in total. The van der Waals surface area contributed by atoms with Crippen molar-refractivity contribution >= 4 is 37.5 Å². The molecule has 1 N–H and O–H groups in total. The van der Waals surface area contributed by atoms with Gasteiger partial charge < -0.3 is 10.1 Å². The molecular formula is C12H13Br2NO. The van der Waals surface area contributed by atoms with Crippen molar-refractivity contribution in [2.24, 2.45) is 0 Å². The fourth-order valence-corrected chi connectivity index (χ4v) is 2.52. The predicted molar refractivity (Wildman–Crippen MR) is 74.9 cm³/mol. The number of rotatable bonds is 4. The molecule has 1 rings (SSSR count). The van der Waals surface area contributed by atoms with Gasteiger partial charge in [0.1, 0.15) is 5.75 Å². The van der Waals surface area contributed by atoms with E-state index in [1.165, 1.54) is 0 Å². The molecule has 1 aromatic carbocycles. The van der Waals surface area contributed by atoms with Crippen molar-refractivity contribution in [3.63, 3.8) is 0 Å². The second-order valence-electron chi connectivity index (χ2n) is 3.24. The first kappa shape index (κ1) is 13.4. The molecule has 0 fully saturated rings. The number of benzene rings is 1. The van der Waals surface area contributed by atoms with Crippen LogP contribution in [-0.2, 0) is 0 Å². The summed E-state index contributed by atoms with van der Waals surface area (Å²) in [4.78, 5) is 0. The van der Waals surface area contributed by atoms with Crippen molar-refractivity contribution in [1.82, 2.24) is 0 Å². The van der Waals surface area contributed by atoms with Crippen molar-refractivity contribution < 1.29 is 4.74 Å². The van der Waals surface area contributed by atoms with Gasteiger partial charge in [-0.15, -0.1) is 6.42 Å². The first-order valence-electron chi connectivity index (χ1n) is 4.88. The van der Waals surface area contributed by atoms with Gasteiger partial charge in [-0.25, -0.2) is 0 Å². The highest BCUT2D eigenvalue weighted by Gasteiger charge is 2.09. The first-order valence-corrected chi connectivity index (χ1v) is 6.46. The molecule has 0 aliphatic carbocycles. The molecule has 16 heavy (non-hydrogen) atoms. The van der Waals surface area contributed by atoms with Crippen LogP contribution in [0.5, 0.6) is 5.75 Å². The van der Waals surface area contributed by atoms with E-state index >= 15 is 0 Å². The lowest BCUT2D eigenvalue weighted by atomic mass is 10.2. The molecule has 1 aromatic rings. The van der Waals surface area contributed by atoms with Gasteiger partial charge in [-0.05, 0) is 44.3 Å². The van der Waals surface area contributed by atoms with Gasteiger partial charge in [0.05, 0.1) is 23.3 Å². The Kier molecular flexibility index (Phi) is 5.17. The summed E-state index contributed by atoms with van der Waals surface area (Å²) in [5.41, 5.74) is 0.935. The number of anilines is 1. The molecule has 0 saturated carbocycles. The van der Waals surface area contributed by atoms with E-state index in [1.54, 1.807) is 7.11 Å². The molecule has 0 spiro atoms. The van der Waals surface area contributed by atoms with Gasteiger partial charge in [0.25, 0.3) is 0 Å². The van der Waals surface area contributed by atoms with Crippen LogP contribution in [0.25, 0.3) is 0 Å². The SMILES string of the molecule is C#CC(CC)Nc1cc(OC)c(Br)cc1Br. The van der Waals surface area contributed by atoms with E-state index in [4.69, 9.17) is 11.2 Å². The van der Waals surface area contributed by atoms with Gasteiger partial charge in [-0.1, -0.05) is 12.8 Å². The van der Waals surface area contributed by atoms with Gasteiger partial charge in [0.15, 0.2) is 0 Å². The van der Waals surface area contributed by atoms with Crippen molar-refractivity contribution in [3.05, 3.63) is 21.1 Å². The van der Waals surface area contributed by atoms with Gasteiger partial charge in [0, 0.05) is 10.5 Å². The number of methoxy groups -OCH3 is 1. The normalized spacial score (nSPS) is 11.7. The number of hydrogen-bond acceptors (Lipinski definition) is 2. The summed E-state index contributed by atoms with van der Waals surface area (Å²) >= 11 is 6.90. The maximum Gasteiger partial charge on any atom is 0.135 e. The zero-order valence-electron chi connectivity index (χ0n) is 9.18. The van der Waals surface area contributed by atoms with Gasteiger partial charge >= 0.3 is 0 Å². The maximum absolute atomic E-state index is 5.41. The van der Waals surface area contributed by atoms with E-state index < -0.39 is 0 Å². The van der Waals surface area contributed by atoms with Gasteiger partial charge in [-0.3, -0.25) is 0 Å². The molecule has 0 radical (unpaired) electrons. The Bertz CT molecular complexity index is 412. The van der Waals surface area contributed by atoms with E-state index in [9.17, 15) is 0 Å². The summed E-state index contributed by atoms with van der Waals surface area (Å²) in [6.45, 7) is 2.04. The molecule has 86 valence electrons. The Morgan fingerprint density at radius 3 is 2.62 bits per heavy atom. The molecule has 1 unspecified atom stereocenters. The standard InChI is InChI=1S/C12H13Br2NO/c1-4-8(5-2)15-11-7-12(16-3)10(14)6-9(11)13/h1,6-8,15H,5H2,2-3H3. The van der Waals surface area contributed by atoms with Crippen LogP contribution in [0.2, 0.25) is 0 Å². The highest BCUT2D eigenvalue weighted by atomic mass is 79.9. The Labute approximate surface area is 113 Å². The van der Waals surface area contributed by atoms with Crippen molar-refractivity contribution in [3.8, 4) is 18.1 Å². The van der Waals surface area contributed by atoms with Crippen LogP contribution in [0.15, 0.2) is 21.1 Å². The summed E-state index contributed by atoms with van der Waals surface area (Å²) in [6.07, 6.45) is 6.29. The van der Waals surface area contributed by atoms with E-state index in [0.717, 1.165) is 26.8 Å². The fraction of sp³-hybridized carbons (Fsp3) is 0.333. The van der Waals surface area contributed by atoms with Gasteiger partial charge in [0.2, 0.25) is 0 Å². The summed E-state index contributed by atoms with van der Waals surface area (Å²) in [5.74, 6) is 3.47. The van der Waals surface area contributed by atoms with Gasteiger partial charge in [-0.2, -0.15) is 0 Å². The lowest BCUT2D eigenvalue weighted by Gasteiger charge is -2.15. The van der Waals surface area contributed by atoms with E-state index in [2.05, 4.69) is 43.1 Å². The molecule has 4 heteroatoms. The number of nitrogens with one attached hydrogen (secondary N) is 1. The van der Waals surface area contributed by atoms with Crippen molar-refractivity contribution in [2.75, 3.05) is 12.4 Å². The lowest BCUT2D eigenvalue weighted by Crippen LogP contribution is -2.16. The largest absolute Gasteiger partial charge is 0.495 e. The highest BCUT2D eigenvalue weighted by molar-refractivity contribution is 9.11. The van der Waals surface area contributed by atoms with Crippen LogP contribution in [0.3, 0.4) is 0 Å². The number of halogens is 2. The number of terminal acetylenes is 1. The van der Waals surface area contributed by atoms with Crippen LogP contribution in [0, 0.1) is 12.3 Å². The molecule has 0 heterocycles. The third kappa shape index (κ3) is 3.16. The Hall–Kier alpha value is -0.660. The van der Waals surface area contributed by atoms with Crippen LogP contribution >= 0.6 is 31.9 Å². The average molecular weight is 347 g/mol. The number of ether oxygens (including phenoxy) is 1. The third-order valence-corrected chi connectivity index (χ3v) is 3.46. The second-order valence-corrected chi connectivity index (χ2v) is 4.95. The molecule has 0 bridgehead atoms. The maximum atomic E-state index is 5.41. The molecule has 1 atom stereocenters. The summed E-state index contributed by atoms with van der Waals surface area (Å²) < 4.78 is 7.09. The molecular weight excluding hydrogens is 334 g/mol. The van der Waals surface area contributed by atoms with E-state index in [0.29, 0.717) is 0 Å². The van der Waals surface area contributed by atoms with Crippen LogP contribution in [0.4, 0.5) is 5.69 Å². The van der Waals surface area contributed by atoms with Crippen LogP contribution < -0.4 is 10.1 Å². The monoisotopic (exact) mass is 345 g/mol. The Balaban J connectivity index is 3.00. The predicted octanol–water partition coefficient (Wildman–Crippen LogP) is 4.04. The van der Waals surface area contributed by atoms with Crippen molar-refractivity contribution in [2.45, 2.75) is 19.4 Å². The van der Waals surface area contributed by atoms with Crippen LogP contribution in [-0.4, -0.2) is 13.2 Å². The Morgan fingerprint density at radius 1 is 1.44 bits per heavy atom.